The number of hydrogen-bond acceptors (Lipinski definition) is 2. The summed E-state index contributed by atoms with van der Waals surface area (Å²) in [6.07, 6.45) is 11.6. The first kappa shape index (κ1) is 18.3. The van der Waals surface area contributed by atoms with E-state index in [1.165, 1.54) is 52.1 Å². The van der Waals surface area contributed by atoms with E-state index in [-0.39, 0.29) is 5.97 Å². The summed E-state index contributed by atoms with van der Waals surface area (Å²) in [6, 6.07) is 1.05. The number of ether oxygens (including phenoxy) is 1. The fraction of sp³-hybridized carbons (Fsp3) is 0.923. The van der Waals surface area contributed by atoms with Crippen molar-refractivity contribution in [3.05, 3.63) is 0 Å². The van der Waals surface area contributed by atoms with Crippen molar-refractivity contribution in [1.82, 2.24) is 0 Å². The highest BCUT2D eigenvalue weighted by molar-refractivity contribution is 7.33. The van der Waals surface area contributed by atoms with Crippen LogP contribution in [0.1, 0.15) is 64.2 Å². The molecule has 0 rings (SSSR count). The molecule has 0 aromatic rings. The van der Waals surface area contributed by atoms with Crippen LogP contribution in [0.4, 0.5) is 0 Å². The fourth-order valence-corrected chi connectivity index (χ4v) is 3.43. The molecule has 2 nitrogen and oxygen atoms in total. The minimum atomic E-state index is -1.35. The summed E-state index contributed by atoms with van der Waals surface area (Å²) in [6.45, 7) is 0. The van der Waals surface area contributed by atoms with Crippen molar-refractivity contribution in [2.75, 3.05) is 7.11 Å². The van der Waals surface area contributed by atoms with Crippen LogP contribution < -0.4 is 0 Å². The lowest BCUT2D eigenvalue weighted by molar-refractivity contribution is -0.140. The van der Waals surface area contributed by atoms with Gasteiger partial charge in [-0.25, -0.2) is 0 Å². The monoisotopic (exact) mass is 312 g/mol. The predicted octanol–water partition coefficient (Wildman–Crippen LogP) is 4.76. The zero-order chi connectivity index (χ0) is 13.6. The Balaban J connectivity index is 3.01. The van der Waals surface area contributed by atoms with E-state index in [4.69, 9.17) is 22.2 Å². The van der Waals surface area contributed by atoms with Gasteiger partial charge in [0.2, 0.25) is 7.42 Å². The second-order valence-electron chi connectivity index (χ2n) is 4.69. The summed E-state index contributed by atoms with van der Waals surface area (Å²) in [7, 11) is 0.0927. The van der Waals surface area contributed by atoms with Crippen LogP contribution in [0.3, 0.4) is 0 Å². The second-order valence-corrected chi connectivity index (χ2v) is 9.88. The highest BCUT2D eigenvalue weighted by Crippen LogP contribution is 2.14. The molecule has 0 aromatic heterocycles. The van der Waals surface area contributed by atoms with Crippen molar-refractivity contribution >= 4 is 35.5 Å². The number of carbonyl (C=O) groups excluding carboxylic acids is 1. The summed E-state index contributed by atoms with van der Waals surface area (Å²) in [5, 5.41) is 0. The van der Waals surface area contributed by atoms with Gasteiger partial charge >= 0.3 is 5.97 Å². The number of methoxy groups -OCH3 is 1. The molecule has 0 saturated carbocycles. The minimum absolute atomic E-state index is 0.0876. The van der Waals surface area contributed by atoms with E-state index in [0.717, 1.165) is 18.9 Å². The van der Waals surface area contributed by atoms with E-state index >= 15 is 0 Å². The van der Waals surface area contributed by atoms with Crippen LogP contribution >= 0.6 is 22.2 Å². The third kappa shape index (κ3) is 14.3. The summed E-state index contributed by atoms with van der Waals surface area (Å²) >= 11 is 11.6. The maximum absolute atomic E-state index is 10.9. The van der Waals surface area contributed by atoms with Crippen LogP contribution in [0.15, 0.2) is 0 Å². The average molecular weight is 313 g/mol. The van der Waals surface area contributed by atoms with E-state index in [9.17, 15) is 4.79 Å². The molecule has 0 aromatic carbocycles. The Hall–Kier alpha value is 0.267. The van der Waals surface area contributed by atoms with Crippen LogP contribution in [0.5, 0.6) is 0 Å². The van der Waals surface area contributed by atoms with Crippen molar-refractivity contribution in [3.8, 4) is 0 Å². The normalized spacial score (nSPS) is 10.9. The Bertz CT molecular complexity index is 201. The largest absolute Gasteiger partial charge is 0.469 e. The van der Waals surface area contributed by atoms with Crippen LogP contribution in [-0.2, 0) is 9.53 Å². The fourth-order valence-electron chi connectivity index (χ4n) is 1.91. The molecule has 0 bridgehead atoms. The van der Waals surface area contributed by atoms with E-state index in [1.54, 1.807) is 0 Å². The predicted molar refractivity (Wildman–Crippen MR) is 81.8 cm³/mol. The molecule has 18 heavy (non-hydrogen) atoms. The van der Waals surface area contributed by atoms with Crippen LogP contribution in [0, 0.1) is 0 Å². The number of esters is 1. The molecule has 5 heteroatoms. The lowest BCUT2D eigenvalue weighted by atomic mass is 10.1. The Morgan fingerprint density at radius 3 is 1.78 bits per heavy atom. The lowest BCUT2D eigenvalue weighted by Crippen LogP contribution is -1.99. The van der Waals surface area contributed by atoms with Gasteiger partial charge in [0, 0.05) is 6.42 Å². The van der Waals surface area contributed by atoms with Gasteiger partial charge in [0.1, 0.15) is 0 Å². The van der Waals surface area contributed by atoms with Gasteiger partial charge in [-0.05, 0) is 12.5 Å². The summed E-state index contributed by atoms with van der Waals surface area (Å²) in [4.78, 5) is 10.9. The highest BCUT2D eigenvalue weighted by atomic mass is 35.7. The molecule has 0 aliphatic carbocycles. The Labute approximate surface area is 122 Å². The Kier molecular flexibility index (Phi) is 13.9. The van der Waals surface area contributed by atoms with Gasteiger partial charge in [-0.1, -0.05) is 51.4 Å². The van der Waals surface area contributed by atoms with Crippen molar-refractivity contribution in [2.24, 2.45) is 0 Å². The van der Waals surface area contributed by atoms with E-state index in [0.29, 0.717) is 6.42 Å². The third-order valence-corrected chi connectivity index (χ3v) is 5.18. The third-order valence-electron chi connectivity index (χ3n) is 3.03. The van der Waals surface area contributed by atoms with Crippen molar-refractivity contribution in [3.63, 3.8) is 0 Å². The molecule has 0 radical (unpaired) electrons. The smallest absolute Gasteiger partial charge is 0.305 e. The molecule has 0 unspecified atom stereocenters. The minimum Gasteiger partial charge on any atom is -0.469 e. The zero-order valence-corrected chi connectivity index (χ0v) is 14.1. The average Bonchev–Trinajstić information content (AvgIpc) is 2.35. The standard InChI is InChI=1S/C13H26Cl2O2Si/c1-17-13(16)11-9-7-5-3-2-4-6-8-10-12-18(14)15/h18H,2-12H2,1H3. The van der Waals surface area contributed by atoms with Gasteiger partial charge in [0.05, 0.1) is 7.11 Å². The van der Waals surface area contributed by atoms with Gasteiger partial charge in [0.15, 0.2) is 0 Å². The maximum Gasteiger partial charge on any atom is 0.305 e. The van der Waals surface area contributed by atoms with Gasteiger partial charge < -0.3 is 4.74 Å². The zero-order valence-electron chi connectivity index (χ0n) is 11.4. The lowest BCUT2D eigenvalue weighted by Gasteiger charge is -2.02. The molecule has 0 amide bonds. The van der Waals surface area contributed by atoms with E-state index < -0.39 is 7.42 Å². The molecule has 0 spiro atoms. The number of carbonyl (C=O) groups is 1. The van der Waals surface area contributed by atoms with Gasteiger partial charge in [-0.3, -0.25) is 4.79 Å². The van der Waals surface area contributed by atoms with Gasteiger partial charge in [-0.2, -0.15) is 22.2 Å². The topological polar surface area (TPSA) is 26.3 Å². The molecule has 0 atom stereocenters. The molecule has 0 heterocycles. The van der Waals surface area contributed by atoms with Gasteiger partial charge in [0.25, 0.3) is 0 Å². The quantitative estimate of drug-likeness (QED) is 0.225. The molecule has 108 valence electrons. The molecule has 0 aliphatic rings. The van der Waals surface area contributed by atoms with Crippen LogP contribution in [0.2, 0.25) is 6.04 Å². The van der Waals surface area contributed by atoms with Crippen LogP contribution in [-0.4, -0.2) is 20.5 Å². The first-order valence-corrected chi connectivity index (χ1v) is 11.3. The summed E-state index contributed by atoms with van der Waals surface area (Å²) in [5.41, 5.74) is 0. The summed E-state index contributed by atoms with van der Waals surface area (Å²) < 4.78 is 4.59. The first-order valence-electron chi connectivity index (χ1n) is 7.01. The molecule has 0 aliphatic heterocycles. The van der Waals surface area contributed by atoms with Crippen molar-refractivity contribution in [1.29, 1.82) is 0 Å². The number of unbranched alkanes of at least 4 members (excludes halogenated alkanes) is 8. The molecule has 0 fully saturated rings. The molecular weight excluding hydrogens is 287 g/mol. The Morgan fingerprint density at radius 2 is 1.33 bits per heavy atom. The summed E-state index contributed by atoms with van der Waals surface area (Å²) in [5.74, 6) is -0.0876. The van der Waals surface area contributed by atoms with Crippen molar-refractivity contribution < 1.29 is 9.53 Å². The Morgan fingerprint density at radius 1 is 0.889 bits per heavy atom. The molecular formula is C13H26Cl2O2Si. The molecule has 0 N–H and O–H groups in total. The number of halogens is 2. The second kappa shape index (κ2) is 13.7. The van der Waals surface area contributed by atoms with Crippen LogP contribution in [0.25, 0.3) is 0 Å². The SMILES string of the molecule is COC(=O)CCCCCCCCCCC[SiH](Cl)Cl. The van der Waals surface area contributed by atoms with Gasteiger partial charge in [-0.15, -0.1) is 0 Å². The molecule has 0 saturated heterocycles. The van der Waals surface area contributed by atoms with Crippen molar-refractivity contribution in [2.45, 2.75) is 70.3 Å². The highest BCUT2D eigenvalue weighted by Gasteiger charge is 2.01. The maximum atomic E-state index is 10.9. The first-order chi connectivity index (χ1) is 8.66. The van der Waals surface area contributed by atoms with E-state index in [2.05, 4.69) is 4.74 Å². The van der Waals surface area contributed by atoms with E-state index in [1.807, 2.05) is 0 Å². The number of rotatable bonds is 12. The number of hydrogen-bond donors (Lipinski definition) is 0.